The van der Waals surface area contributed by atoms with Gasteiger partial charge in [0.1, 0.15) is 23.1 Å². The molecule has 0 spiro atoms. The van der Waals surface area contributed by atoms with E-state index in [2.05, 4.69) is 36.5 Å². The van der Waals surface area contributed by atoms with Crippen LogP contribution in [0.25, 0.3) is 10.8 Å². The second kappa shape index (κ2) is 16.1. The van der Waals surface area contributed by atoms with Crippen LogP contribution < -0.4 is 87.5 Å². The number of methoxy groups -OCH3 is 2. The zero-order chi connectivity index (χ0) is 29.3. The van der Waals surface area contributed by atoms with Gasteiger partial charge in [-0.3, -0.25) is 11.8 Å². The molecule has 214 valence electrons. The fourth-order valence-electron chi connectivity index (χ4n) is 3.79. The number of nitrogens with zero attached hydrogens (tertiary/aromatic N) is 2. The Bertz CT molecular complexity index is 1490. The van der Waals surface area contributed by atoms with Crippen molar-refractivity contribution in [2.45, 2.75) is 13.5 Å². The number of fused-ring (bicyclic) bond motifs is 1. The van der Waals surface area contributed by atoms with Crippen molar-refractivity contribution in [3.05, 3.63) is 103 Å². The maximum atomic E-state index is 11.5. The van der Waals surface area contributed by atoms with E-state index in [1.54, 1.807) is 38.1 Å². The number of aromatic nitrogens is 2. The Hall–Kier alpha value is -2.60. The normalized spacial score (nSPS) is 10.6. The van der Waals surface area contributed by atoms with Gasteiger partial charge in [-0.25, -0.2) is 10.4 Å². The molecule has 4 N–H and O–H groups in total. The van der Waals surface area contributed by atoms with Crippen LogP contribution in [0.5, 0.6) is 17.2 Å². The van der Waals surface area contributed by atoms with E-state index in [1.165, 1.54) is 6.07 Å². The predicted octanol–water partition coefficient (Wildman–Crippen LogP) is 1.76. The third kappa shape index (κ3) is 9.45. The first-order valence-electron chi connectivity index (χ1n) is 12.7. The van der Waals surface area contributed by atoms with Gasteiger partial charge in [0.2, 0.25) is 0 Å². The van der Waals surface area contributed by atoms with Crippen molar-refractivity contribution in [3.8, 4) is 17.2 Å². The number of benzene rings is 2. The molecule has 0 saturated heterocycles. The summed E-state index contributed by atoms with van der Waals surface area (Å²) >= 11 is 0. The summed E-state index contributed by atoms with van der Waals surface area (Å²) < 4.78 is 17.7. The Morgan fingerprint density at radius 3 is 2.41 bits per heavy atom. The molecule has 2 heterocycles. The van der Waals surface area contributed by atoms with Crippen LogP contribution in [0.3, 0.4) is 0 Å². The molecule has 0 aliphatic heterocycles. The molecule has 4 rings (SSSR count). The smallest absolute Gasteiger partial charge is 0.537 e. The summed E-state index contributed by atoms with van der Waals surface area (Å²) in [5.74, 6) is 2.90. The van der Waals surface area contributed by atoms with Crippen molar-refractivity contribution in [1.82, 2.24) is 9.55 Å². The Labute approximate surface area is 285 Å². The first kappa shape index (κ1) is 34.6. The van der Waals surface area contributed by atoms with Crippen molar-refractivity contribution in [3.63, 3.8) is 0 Å². The minimum Gasteiger partial charge on any atom is -0.537 e. The molecule has 0 aliphatic rings. The van der Waals surface area contributed by atoms with Crippen LogP contribution in [0.1, 0.15) is 11.3 Å². The second-order valence-corrected chi connectivity index (χ2v) is 9.49. The van der Waals surface area contributed by atoms with Gasteiger partial charge in [-0.05, 0) is 37.3 Å². The van der Waals surface area contributed by atoms with E-state index in [1.807, 2.05) is 49.4 Å². The molecule has 0 fully saturated rings. The van der Waals surface area contributed by atoms with E-state index >= 15 is 0 Å². The molecule has 0 saturated carbocycles. The zero-order valence-corrected chi connectivity index (χ0v) is 27.7. The number of nitrogens with two attached hydrogens (primary N) is 1. The molecule has 9 nitrogen and oxygen atoms in total. The van der Waals surface area contributed by atoms with Gasteiger partial charge in [-0.15, -0.1) is 0 Å². The molecule has 41 heavy (non-hydrogen) atoms. The fourth-order valence-corrected chi connectivity index (χ4v) is 3.79. The average molecular weight is 584 g/mol. The molecule has 2 aromatic heterocycles. The molecule has 0 bridgehead atoms. The van der Waals surface area contributed by atoms with Crippen LogP contribution in [-0.2, 0) is 13.6 Å². The number of aryl methyl sites for hydroxylation is 1. The van der Waals surface area contributed by atoms with Crippen molar-refractivity contribution in [1.29, 1.82) is 0 Å². The van der Waals surface area contributed by atoms with Gasteiger partial charge < -0.3 is 49.0 Å². The van der Waals surface area contributed by atoms with Crippen molar-refractivity contribution < 1.29 is 65.6 Å². The summed E-state index contributed by atoms with van der Waals surface area (Å²) in [7, 11) is 8.76. The van der Waals surface area contributed by atoms with Gasteiger partial charge in [0.25, 0.3) is 5.56 Å². The Morgan fingerprint density at radius 1 is 1.02 bits per heavy atom. The van der Waals surface area contributed by atoms with Crippen LogP contribution in [0.15, 0.2) is 65.6 Å². The minimum absolute atomic E-state index is 0. The number of nitrogens with one attached hydrogen (secondary N) is 2. The molecule has 2 aromatic carbocycles. The molecule has 0 unspecified atom stereocenters. The summed E-state index contributed by atoms with van der Waals surface area (Å²) in [6.45, 7) is 10.7. The minimum atomic E-state index is -0.574. The molecule has 0 atom stereocenters. The maximum absolute atomic E-state index is 11.5. The summed E-state index contributed by atoms with van der Waals surface area (Å²) in [5, 5.41) is 8.47. The van der Waals surface area contributed by atoms with Gasteiger partial charge in [-0.2, -0.15) is 0 Å². The Morgan fingerprint density at radius 2 is 1.78 bits per heavy atom. The van der Waals surface area contributed by atoms with Crippen molar-refractivity contribution in [2.75, 3.05) is 38.0 Å². The molecule has 0 amide bonds. The van der Waals surface area contributed by atoms with Gasteiger partial charge in [0, 0.05) is 66.2 Å². The monoisotopic (exact) mass is 583 g/mol. The fraction of sp³-hybridized carbons (Fsp3) is 0.258. The van der Waals surface area contributed by atoms with Gasteiger partial charge in [-0.1, -0.05) is 18.7 Å². The van der Waals surface area contributed by atoms with Crippen LogP contribution in [0, 0.1) is 33.2 Å². The SMILES string of the molecule is [CH2-]C([CH2-])(CN)COc1cc(C)n(C)c(=O)c1.[CH2-]Nc1cccc2c(NCc3ccc(OC)cc3OC)nccc12.[K+]. The topological polar surface area (TPSA) is 113 Å². The molecule has 0 aliphatic carbocycles. The molecule has 0 radical (unpaired) electrons. The van der Waals surface area contributed by atoms with E-state index in [9.17, 15) is 4.79 Å². The number of hydrogen-bond donors (Lipinski definition) is 3. The van der Waals surface area contributed by atoms with E-state index in [-0.39, 0.29) is 63.6 Å². The molecule has 10 heteroatoms. The second-order valence-electron chi connectivity index (χ2n) is 9.49. The van der Waals surface area contributed by atoms with Gasteiger partial charge in [0.15, 0.2) is 0 Å². The van der Waals surface area contributed by atoms with Crippen molar-refractivity contribution >= 4 is 22.3 Å². The maximum Gasteiger partial charge on any atom is 1.00 e. The first-order chi connectivity index (χ1) is 19.1. The van der Waals surface area contributed by atoms with Gasteiger partial charge in [0.05, 0.1) is 14.2 Å². The van der Waals surface area contributed by atoms with Crippen LogP contribution in [0.4, 0.5) is 11.5 Å². The van der Waals surface area contributed by atoms with Crippen LogP contribution >= 0.6 is 0 Å². The van der Waals surface area contributed by atoms with E-state index < -0.39 is 5.41 Å². The first-order valence-corrected chi connectivity index (χ1v) is 12.7. The molecular weight excluding hydrogens is 545 g/mol. The summed E-state index contributed by atoms with van der Waals surface area (Å²) in [5.41, 5.74) is 7.66. The summed E-state index contributed by atoms with van der Waals surface area (Å²) in [4.78, 5) is 15.9. The van der Waals surface area contributed by atoms with Crippen LogP contribution in [-0.4, -0.2) is 36.9 Å². The Balaban J connectivity index is 0.000000304. The number of hydrogen-bond acceptors (Lipinski definition) is 8. The molecular formula is C31H38KN5O4-2. The molecule has 4 aromatic rings. The number of ether oxygens (including phenoxy) is 3. The largest absolute Gasteiger partial charge is 1.00 e. The standard InChI is InChI=1S/C19H20N3O2.C12H18N2O2.K/c1-20-17-6-4-5-16-15(17)9-10-21-19(16)22-12-13-7-8-14(23-2)11-18(13)24-3;1-9-5-10(6-11(15)14(9)4)16-8-12(2,3)7-13;/h4-11,20H,1,12H2,2-3H3,(H,21,22);5-6H,2-3,7-8,13H2,1,4H3;/q-1;-2;+1. The predicted molar refractivity (Wildman–Crippen MR) is 162 cm³/mol. The van der Waals surface area contributed by atoms with E-state index in [4.69, 9.17) is 19.9 Å². The number of rotatable bonds is 10. The van der Waals surface area contributed by atoms with Crippen molar-refractivity contribution in [2.24, 2.45) is 18.2 Å². The third-order valence-electron chi connectivity index (χ3n) is 6.39. The summed E-state index contributed by atoms with van der Waals surface area (Å²) in [6.07, 6.45) is 1.79. The summed E-state index contributed by atoms with van der Waals surface area (Å²) in [6, 6.07) is 17.0. The average Bonchev–Trinajstić information content (AvgIpc) is 2.97. The zero-order valence-electron chi connectivity index (χ0n) is 24.6. The van der Waals surface area contributed by atoms with Gasteiger partial charge >= 0.3 is 51.4 Å². The number of anilines is 2. The quantitative estimate of drug-likeness (QED) is 0.191. The van der Waals surface area contributed by atoms with E-state index in [0.717, 1.165) is 45.0 Å². The third-order valence-corrected chi connectivity index (χ3v) is 6.39. The Kier molecular flexibility index (Phi) is 13.6. The number of pyridine rings is 2. The van der Waals surface area contributed by atoms with Crippen LogP contribution in [0.2, 0.25) is 0 Å². The van der Waals surface area contributed by atoms with E-state index in [0.29, 0.717) is 18.8 Å².